The normalized spacial score (nSPS) is 22.9. The standard InChI is InChI=1S/C14H12N2O2S/c15-6-9-12(8-4-5-19-7-8)13-10(17)2-1-3-11(13)18-14(9)16/h4-5,7,12H,1-3,16H2/t12-/m1/s1. The van der Waals surface area contributed by atoms with Gasteiger partial charge >= 0.3 is 0 Å². The van der Waals surface area contributed by atoms with Gasteiger partial charge in [-0.25, -0.2) is 0 Å². The van der Waals surface area contributed by atoms with Gasteiger partial charge in [0.05, 0.1) is 5.92 Å². The number of ketones is 1. The highest BCUT2D eigenvalue weighted by Crippen LogP contribution is 2.43. The fourth-order valence-corrected chi connectivity index (χ4v) is 3.31. The van der Waals surface area contributed by atoms with E-state index in [9.17, 15) is 10.1 Å². The van der Waals surface area contributed by atoms with E-state index in [1.165, 1.54) is 0 Å². The molecule has 2 N–H and O–H groups in total. The van der Waals surface area contributed by atoms with Gasteiger partial charge < -0.3 is 10.5 Å². The summed E-state index contributed by atoms with van der Waals surface area (Å²) in [5.74, 6) is 0.488. The molecule has 0 radical (unpaired) electrons. The smallest absolute Gasteiger partial charge is 0.205 e. The van der Waals surface area contributed by atoms with Gasteiger partial charge in [0, 0.05) is 18.4 Å². The molecule has 2 heterocycles. The molecule has 1 atom stereocenters. The Labute approximate surface area is 114 Å². The summed E-state index contributed by atoms with van der Waals surface area (Å²) >= 11 is 1.54. The van der Waals surface area contributed by atoms with Crippen molar-refractivity contribution in [3.05, 3.63) is 45.2 Å². The summed E-state index contributed by atoms with van der Waals surface area (Å²) in [6.07, 6.45) is 2.01. The van der Waals surface area contributed by atoms with Crippen molar-refractivity contribution in [1.29, 1.82) is 5.26 Å². The van der Waals surface area contributed by atoms with E-state index in [1.807, 2.05) is 16.8 Å². The fourth-order valence-electron chi connectivity index (χ4n) is 2.63. The van der Waals surface area contributed by atoms with Crippen molar-refractivity contribution in [2.24, 2.45) is 5.73 Å². The van der Waals surface area contributed by atoms with E-state index in [1.54, 1.807) is 11.3 Å². The molecule has 4 nitrogen and oxygen atoms in total. The van der Waals surface area contributed by atoms with Crippen LogP contribution in [0.1, 0.15) is 30.7 Å². The van der Waals surface area contributed by atoms with Crippen LogP contribution in [-0.4, -0.2) is 5.78 Å². The maximum absolute atomic E-state index is 12.2. The van der Waals surface area contributed by atoms with Gasteiger partial charge in [-0.1, -0.05) is 0 Å². The van der Waals surface area contributed by atoms with Crippen LogP contribution < -0.4 is 5.73 Å². The summed E-state index contributed by atoms with van der Waals surface area (Å²) in [5.41, 5.74) is 7.73. The zero-order valence-corrected chi connectivity index (χ0v) is 11.0. The lowest BCUT2D eigenvalue weighted by Gasteiger charge is -2.30. The highest BCUT2D eigenvalue weighted by molar-refractivity contribution is 7.08. The fraction of sp³-hybridized carbons (Fsp3) is 0.286. The van der Waals surface area contributed by atoms with E-state index in [4.69, 9.17) is 10.5 Å². The van der Waals surface area contributed by atoms with E-state index in [0.717, 1.165) is 12.0 Å². The Balaban J connectivity index is 2.18. The Hall–Kier alpha value is -2.06. The third kappa shape index (κ3) is 1.85. The molecule has 0 saturated carbocycles. The zero-order chi connectivity index (χ0) is 13.4. The third-order valence-electron chi connectivity index (χ3n) is 3.48. The second-order valence-corrected chi connectivity index (χ2v) is 5.38. The van der Waals surface area contributed by atoms with Gasteiger partial charge in [-0.2, -0.15) is 16.6 Å². The van der Waals surface area contributed by atoms with Crippen molar-refractivity contribution in [3.8, 4) is 6.07 Å². The third-order valence-corrected chi connectivity index (χ3v) is 4.18. The monoisotopic (exact) mass is 272 g/mol. The number of rotatable bonds is 1. The molecule has 0 fully saturated rings. The average molecular weight is 272 g/mol. The number of hydrogen-bond donors (Lipinski definition) is 1. The van der Waals surface area contributed by atoms with Crippen molar-refractivity contribution in [3.63, 3.8) is 0 Å². The largest absolute Gasteiger partial charge is 0.444 e. The van der Waals surface area contributed by atoms with E-state index < -0.39 is 0 Å². The highest BCUT2D eigenvalue weighted by atomic mass is 32.1. The van der Waals surface area contributed by atoms with Crippen LogP contribution in [0.3, 0.4) is 0 Å². The zero-order valence-electron chi connectivity index (χ0n) is 10.2. The number of Topliss-reactive ketones (excluding diaryl/α,β-unsaturated/α-hetero) is 1. The molecule has 3 rings (SSSR count). The minimum atomic E-state index is -0.354. The lowest BCUT2D eigenvalue weighted by atomic mass is 9.78. The second-order valence-electron chi connectivity index (χ2n) is 4.60. The van der Waals surface area contributed by atoms with Gasteiger partial charge in [0.25, 0.3) is 0 Å². The quantitative estimate of drug-likeness (QED) is 0.852. The highest BCUT2D eigenvalue weighted by Gasteiger charge is 2.37. The molecule has 2 aliphatic rings. The summed E-state index contributed by atoms with van der Waals surface area (Å²) in [5, 5.41) is 13.2. The van der Waals surface area contributed by atoms with Crippen LogP contribution in [0.2, 0.25) is 0 Å². The molecule has 5 heteroatoms. The summed E-state index contributed by atoms with van der Waals surface area (Å²) in [7, 11) is 0. The van der Waals surface area contributed by atoms with Crippen LogP contribution in [0.5, 0.6) is 0 Å². The predicted molar refractivity (Wildman–Crippen MR) is 70.9 cm³/mol. The maximum Gasteiger partial charge on any atom is 0.205 e. The Kier molecular flexibility index (Phi) is 2.88. The van der Waals surface area contributed by atoms with Crippen LogP contribution in [0, 0.1) is 11.3 Å². The Bertz CT molecular complexity index is 635. The lowest BCUT2D eigenvalue weighted by molar-refractivity contribution is -0.116. The Morgan fingerprint density at radius 1 is 1.47 bits per heavy atom. The molecule has 1 aromatic rings. The number of nitrogens with zero attached hydrogens (tertiary/aromatic N) is 1. The van der Waals surface area contributed by atoms with Crippen molar-refractivity contribution in [2.75, 3.05) is 0 Å². The maximum atomic E-state index is 12.2. The lowest BCUT2D eigenvalue weighted by Crippen LogP contribution is -2.27. The molecule has 19 heavy (non-hydrogen) atoms. The van der Waals surface area contributed by atoms with Crippen LogP contribution in [0.4, 0.5) is 0 Å². The number of nitrogens with two attached hydrogens (primary N) is 1. The van der Waals surface area contributed by atoms with Gasteiger partial charge in [-0.05, 0) is 28.8 Å². The van der Waals surface area contributed by atoms with Crippen molar-refractivity contribution in [2.45, 2.75) is 25.2 Å². The first-order valence-corrected chi connectivity index (χ1v) is 7.02. The van der Waals surface area contributed by atoms with E-state index in [2.05, 4.69) is 6.07 Å². The van der Waals surface area contributed by atoms with Gasteiger partial charge in [-0.15, -0.1) is 0 Å². The molecule has 1 aliphatic heterocycles. The molecule has 0 aromatic carbocycles. The molecule has 0 saturated heterocycles. The van der Waals surface area contributed by atoms with Crippen molar-refractivity contribution in [1.82, 2.24) is 0 Å². The molecule has 1 aliphatic carbocycles. The summed E-state index contributed by atoms with van der Waals surface area (Å²) in [4.78, 5) is 12.2. The van der Waals surface area contributed by atoms with Gasteiger partial charge in [0.2, 0.25) is 5.88 Å². The summed E-state index contributed by atoms with van der Waals surface area (Å²) < 4.78 is 5.49. The van der Waals surface area contributed by atoms with Crippen LogP contribution >= 0.6 is 11.3 Å². The van der Waals surface area contributed by atoms with Gasteiger partial charge in [0.15, 0.2) is 5.78 Å². The van der Waals surface area contributed by atoms with Crippen LogP contribution in [0.15, 0.2) is 39.6 Å². The minimum absolute atomic E-state index is 0.0673. The van der Waals surface area contributed by atoms with E-state index in [-0.39, 0.29) is 17.6 Å². The molecule has 0 amide bonds. The van der Waals surface area contributed by atoms with Crippen molar-refractivity contribution >= 4 is 17.1 Å². The van der Waals surface area contributed by atoms with Gasteiger partial charge in [-0.3, -0.25) is 4.79 Å². The number of thiophene rings is 1. The number of hydrogen-bond acceptors (Lipinski definition) is 5. The number of allylic oxidation sites excluding steroid dienone is 3. The first kappa shape index (κ1) is 12.0. The van der Waals surface area contributed by atoms with E-state index in [0.29, 0.717) is 29.7 Å². The summed E-state index contributed by atoms with van der Waals surface area (Å²) in [6.45, 7) is 0. The van der Waals surface area contributed by atoms with Crippen molar-refractivity contribution < 1.29 is 9.53 Å². The first-order chi connectivity index (χ1) is 9.22. The molecule has 1 aromatic heterocycles. The first-order valence-electron chi connectivity index (χ1n) is 6.08. The Morgan fingerprint density at radius 2 is 2.32 bits per heavy atom. The van der Waals surface area contributed by atoms with Crippen LogP contribution in [-0.2, 0) is 9.53 Å². The molecular formula is C14H12N2O2S. The SMILES string of the molecule is N#CC1=C(N)OC2=C(C(=O)CCC2)[C@@H]1c1ccsc1. The number of ether oxygens (including phenoxy) is 1. The molecule has 0 spiro atoms. The topological polar surface area (TPSA) is 76.1 Å². The number of carbonyl (C=O) groups is 1. The predicted octanol–water partition coefficient (Wildman–Crippen LogP) is 2.56. The Morgan fingerprint density at radius 3 is 3.00 bits per heavy atom. The van der Waals surface area contributed by atoms with Gasteiger partial charge in [0.1, 0.15) is 17.4 Å². The molecule has 96 valence electrons. The second kappa shape index (κ2) is 4.56. The summed E-state index contributed by atoms with van der Waals surface area (Å²) in [6, 6.07) is 4.02. The van der Waals surface area contributed by atoms with E-state index >= 15 is 0 Å². The number of carbonyl (C=O) groups excluding carboxylic acids is 1. The molecule has 0 unspecified atom stereocenters. The molecule has 0 bridgehead atoms. The molecular weight excluding hydrogens is 260 g/mol. The minimum Gasteiger partial charge on any atom is -0.444 e. The number of nitriles is 1. The average Bonchev–Trinajstić information content (AvgIpc) is 2.91. The van der Waals surface area contributed by atoms with Crippen LogP contribution in [0.25, 0.3) is 0 Å².